The molecule has 2 aliphatic rings. The number of ether oxygens (including phenoxy) is 5. The van der Waals surface area contributed by atoms with Gasteiger partial charge in [0.2, 0.25) is 0 Å². The third kappa shape index (κ3) is 8.31. The van der Waals surface area contributed by atoms with Crippen LogP contribution in [0, 0.1) is 5.41 Å². The molecule has 0 aromatic rings. The van der Waals surface area contributed by atoms with Crippen LogP contribution in [0.15, 0.2) is 0 Å². The Hall–Kier alpha value is -2.30. The normalized spacial score (nSPS) is 25.0. The highest BCUT2D eigenvalue weighted by molar-refractivity contribution is 5.16. The van der Waals surface area contributed by atoms with Crippen molar-refractivity contribution in [2.24, 2.45) is 5.41 Å². The smallest absolute Gasteiger partial charge is 0.380 e. The highest BCUT2D eigenvalue weighted by atomic mass is 19.4. The number of hydrogen-bond donors (Lipinski definition) is 0. The fourth-order valence-corrected chi connectivity index (χ4v) is 5.39. The van der Waals surface area contributed by atoms with Gasteiger partial charge in [-0.2, -0.15) is 132 Å². The zero-order valence-electron chi connectivity index (χ0n) is 30.2. The maximum Gasteiger partial charge on any atom is 0.460 e. The van der Waals surface area contributed by atoms with Gasteiger partial charge in [0.15, 0.2) is 0 Å². The molecular weight excluding hydrogens is 986 g/mol. The molecule has 0 aromatic carbocycles. The van der Waals surface area contributed by atoms with Crippen molar-refractivity contribution in [3.05, 3.63) is 0 Å². The highest BCUT2D eigenvalue weighted by Crippen LogP contribution is 2.65. The Morgan fingerprint density at radius 3 is 0.937 bits per heavy atom. The number of hydrogen-bond acceptors (Lipinski definition) is 5. The van der Waals surface area contributed by atoms with Crippen molar-refractivity contribution in [2.45, 2.75) is 121 Å². The van der Waals surface area contributed by atoms with Crippen molar-refractivity contribution >= 4 is 0 Å². The fourth-order valence-electron chi connectivity index (χ4n) is 5.39. The SMILES string of the molecule is COC1(COCCC(F)(F)C(F)(F)C(F)(F)C(F)(F)C(F)(F)C(F)(F)C(F)(F)C(F)(F)F)COC1C1OCC1(C)COCCC(F)(F)C(F)(F)C(F)(F)C(F)(F)C(F)(F)C(F)(F)F. The van der Waals surface area contributed by atoms with Crippen LogP contribution in [0.3, 0.4) is 0 Å². The molecule has 0 saturated carbocycles. The molecule has 5 nitrogen and oxygen atoms in total. The van der Waals surface area contributed by atoms with E-state index in [2.05, 4.69) is 9.47 Å². The van der Waals surface area contributed by atoms with Crippen LogP contribution in [0.4, 0.5) is 132 Å². The van der Waals surface area contributed by atoms with Crippen LogP contribution in [-0.4, -0.2) is 148 Å². The Morgan fingerprint density at radius 1 is 0.397 bits per heavy atom. The molecule has 2 saturated heterocycles. The van der Waals surface area contributed by atoms with Crippen molar-refractivity contribution in [3.63, 3.8) is 0 Å². The summed E-state index contributed by atoms with van der Waals surface area (Å²) in [5, 5.41) is 0. The Labute approximate surface area is 329 Å². The first-order chi connectivity index (χ1) is 27.4. The van der Waals surface area contributed by atoms with Crippen molar-refractivity contribution in [1.82, 2.24) is 0 Å². The monoisotopic (exact) mass is 1010 g/mol. The van der Waals surface area contributed by atoms with Gasteiger partial charge in [-0.25, -0.2) is 0 Å². The van der Waals surface area contributed by atoms with E-state index in [4.69, 9.17) is 14.2 Å². The quantitative estimate of drug-likeness (QED) is 0.0799. The lowest BCUT2D eigenvalue weighted by Gasteiger charge is -2.58. The van der Waals surface area contributed by atoms with Crippen LogP contribution in [0.2, 0.25) is 0 Å². The van der Waals surface area contributed by atoms with E-state index >= 15 is 0 Å². The number of halogens is 30. The van der Waals surface area contributed by atoms with Gasteiger partial charge in [0.1, 0.15) is 11.7 Å². The molecule has 2 fully saturated rings. The van der Waals surface area contributed by atoms with Gasteiger partial charge in [-0.05, 0) is 0 Å². The van der Waals surface area contributed by atoms with Crippen LogP contribution in [0.5, 0.6) is 0 Å². The largest absolute Gasteiger partial charge is 0.460 e. The molecule has 2 aliphatic heterocycles. The van der Waals surface area contributed by atoms with Crippen molar-refractivity contribution in [1.29, 1.82) is 0 Å². The molecule has 376 valence electrons. The molecule has 0 spiro atoms. The first-order valence-electron chi connectivity index (χ1n) is 16.0. The van der Waals surface area contributed by atoms with Gasteiger partial charge in [-0.15, -0.1) is 0 Å². The summed E-state index contributed by atoms with van der Waals surface area (Å²) < 4.78 is 427. The molecule has 0 aromatic heterocycles. The van der Waals surface area contributed by atoms with E-state index in [1.165, 1.54) is 0 Å². The Balaban J connectivity index is 2.14. The summed E-state index contributed by atoms with van der Waals surface area (Å²) in [6.45, 7) is -6.64. The van der Waals surface area contributed by atoms with Gasteiger partial charge in [0.05, 0.1) is 45.7 Å². The van der Waals surface area contributed by atoms with Gasteiger partial charge < -0.3 is 23.7 Å². The van der Waals surface area contributed by atoms with Crippen molar-refractivity contribution in [3.8, 4) is 0 Å². The van der Waals surface area contributed by atoms with Gasteiger partial charge >= 0.3 is 83.4 Å². The molecule has 63 heavy (non-hydrogen) atoms. The molecule has 0 aliphatic carbocycles. The second kappa shape index (κ2) is 16.2. The molecule has 2 rings (SSSR count). The second-order valence-corrected chi connectivity index (χ2v) is 14.1. The lowest BCUT2D eigenvalue weighted by molar-refractivity contribution is -0.462. The van der Waals surface area contributed by atoms with Crippen LogP contribution < -0.4 is 0 Å². The minimum atomic E-state index is -8.85. The number of methoxy groups -OCH3 is 1. The fraction of sp³-hybridized carbons (Fsp3) is 1.00. The van der Waals surface area contributed by atoms with E-state index in [9.17, 15) is 132 Å². The summed E-state index contributed by atoms with van der Waals surface area (Å²) in [6.07, 6.45) is -24.6. The predicted octanol–water partition coefficient (Wildman–Crippen LogP) is 10.7. The minimum Gasteiger partial charge on any atom is -0.380 e. The second-order valence-electron chi connectivity index (χ2n) is 14.1. The van der Waals surface area contributed by atoms with E-state index < -0.39 is 159 Å². The predicted molar refractivity (Wildman–Crippen MR) is 140 cm³/mol. The average Bonchev–Trinajstić information content (AvgIpc) is 3.09. The molecule has 0 bridgehead atoms. The summed E-state index contributed by atoms with van der Waals surface area (Å²) in [4.78, 5) is 0. The van der Waals surface area contributed by atoms with Crippen LogP contribution in [0.1, 0.15) is 19.8 Å². The summed E-state index contributed by atoms with van der Waals surface area (Å²) in [7, 11) is 0.723. The maximum atomic E-state index is 14.3. The third-order valence-corrected chi connectivity index (χ3v) is 9.67. The lowest BCUT2D eigenvalue weighted by Crippen LogP contribution is -2.74. The van der Waals surface area contributed by atoms with Crippen LogP contribution in [-0.2, 0) is 23.7 Å². The highest BCUT2D eigenvalue weighted by Gasteiger charge is 2.95. The molecule has 4 unspecified atom stereocenters. The van der Waals surface area contributed by atoms with Crippen molar-refractivity contribution < 1.29 is 155 Å². The van der Waals surface area contributed by atoms with Crippen LogP contribution >= 0.6 is 0 Å². The first kappa shape index (κ1) is 56.8. The minimum absolute atomic E-state index is 0.597. The topological polar surface area (TPSA) is 46.2 Å². The third-order valence-electron chi connectivity index (χ3n) is 9.67. The van der Waals surface area contributed by atoms with E-state index in [1.807, 2.05) is 0 Å². The lowest BCUT2D eigenvalue weighted by atomic mass is 9.72. The molecule has 0 amide bonds. The van der Waals surface area contributed by atoms with E-state index in [0.29, 0.717) is 0 Å². The molecule has 4 atom stereocenters. The zero-order valence-corrected chi connectivity index (χ0v) is 30.2. The number of alkyl halides is 30. The Kier molecular flexibility index (Phi) is 14.6. The van der Waals surface area contributed by atoms with Gasteiger partial charge in [-0.1, -0.05) is 6.92 Å². The van der Waals surface area contributed by atoms with E-state index in [0.717, 1.165) is 14.0 Å². The molecule has 35 heteroatoms. The molecule has 0 N–H and O–H groups in total. The molecule has 0 radical (unpaired) electrons. The summed E-state index contributed by atoms with van der Waals surface area (Å²) in [5.41, 5.74) is -3.77. The van der Waals surface area contributed by atoms with Gasteiger partial charge in [-0.3, -0.25) is 0 Å². The van der Waals surface area contributed by atoms with E-state index in [-0.39, 0.29) is 0 Å². The summed E-state index contributed by atoms with van der Waals surface area (Å²) in [5.74, 6) is -96.5. The molecular formula is C28H24F30O5. The van der Waals surface area contributed by atoms with Gasteiger partial charge in [0, 0.05) is 25.4 Å². The first-order valence-corrected chi connectivity index (χ1v) is 16.0. The van der Waals surface area contributed by atoms with E-state index in [1.54, 1.807) is 0 Å². The summed E-state index contributed by atoms with van der Waals surface area (Å²) in [6, 6.07) is 0. The number of rotatable bonds is 22. The summed E-state index contributed by atoms with van der Waals surface area (Å²) >= 11 is 0. The Morgan fingerprint density at radius 2 is 0.683 bits per heavy atom. The average molecular weight is 1010 g/mol. The molecule has 2 heterocycles. The van der Waals surface area contributed by atoms with Gasteiger partial charge in [0.25, 0.3) is 0 Å². The van der Waals surface area contributed by atoms with Crippen molar-refractivity contribution in [2.75, 3.05) is 46.8 Å². The standard InChI is InChI=1S/C28H24F30O5/c1-13(7-60-5-3-15(29,30)18(35,36)20(39,40)23(45,46)25(49,50)27(53,54)55)8-62-11(13)12-14(59-2,10-63-12)9-61-6-4-16(31,32)17(33,34)19(37,38)21(41,42)22(43,44)24(47,48)26(51,52)28(56,57)58/h11-12H,3-10H2,1-2H3. The Bertz CT molecular complexity index is 1590. The van der Waals surface area contributed by atoms with Crippen LogP contribution in [0.25, 0.3) is 0 Å². The zero-order chi connectivity index (χ0) is 50.3. The maximum absolute atomic E-state index is 14.3.